The fourth-order valence-electron chi connectivity index (χ4n) is 8.36. The topological polar surface area (TPSA) is 38.7 Å². The second kappa shape index (κ2) is 14.1. The first-order chi connectivity index (χ1) is 28.7. The Hall–Kier alpha value is -7.75. The standard InChI is InChI=1S/C55H35N3/c1-2-12-36(13-3-1)49-21-8-9-22-52(49)55-57-53(56-54(58-55)46-30-31-51-44(35-46)28-24-38-15-5-7-20-48(38)51)45-18-10-17-39(34-45)40-25-26-42-33-43(29-27-41(42)32-40)50-23-11-16-37-14-4-6-19-47(37)50/h1-35H. The van der Waals surface area contributed by atoms with Gasteiger partial charge in [-0.15, -0.1) is 0 Å². The average molecular weight is 738 g/mol. The van der Waals surface area contributed by atoms with Gasteiger partial charge in [-0.3, -0.25) is 0 Å². The fourth-order valence-corrected chi connectivity index (χ4v) is 8.36. The molecule has 0 atom stereocenters. The maximum Gasteiger partial charge on any atom is 0.164 e. The van der Waals surface area contributed by atoms with Gasteiger partial charge >= 0.3 is 0 Å². The minimum absolute atomic E-state index is 0.629. The molecule has 0 amide bonds. The van der Waals surface area contributed by atoms with Gasteiger partial charge in [0.15, 0.2) is 17.5 Å². The van der Waals surface area contributed by atoms with E-state index in [-0.39, 0.29) is 0 Å². The average Bonchev–Trinajstić information content (AvgIpc) is 3.31. The number of nitrogens with zero attached hydrogens (tertiary/aromatic N) is 3. The molecule has 3 heteroatoms. The summed E-state index contributed by atoms with van der Waals surface area (Å²) in [5.74, 6) is 1.90. The Bertz CT molecular complexity index is 3340. The van der Waals surface area contributed by atoms with Crippen LogP contribution < -0.4 is 0 Å². The Morgan fingerprint density at radius 1 is 0.207 bits per heavy atom. The smallest absolute Gasteiger partial charge is 0.164 e. The molecule has 0 radical (unpaired) electrons. The maximum atomic E-state index is 5.21. The summed E-state index contributed by atoms with van der Waals surface area (Å²) in [6, 6.07) is 75.4. The van der Waals surface area contributed by atoms with Crippen molar-refractivity contribution in [2.45, 2.75) is 0 Å². The molecular formula is C55H35N3. The van der Waals surface area contributed by atoms with E-state index in [1.54, 1.807) is 0 Å². The normalized spacial score (nSPS) is 11.4. The zero-order valence-electron chi connectivity index (χ0n) is 31.5. The molecule has 0 saturated heterocycles. The molecule has 58 heavy (non-hydrogen) atoms. The van der Waals surface area contributed by atoms with E-state index in [4.69, 9.17) is 15.0 Å². The van der Waals surface area contributed by atoms with Gasteiger partial charge in [0.05, 0.1) is 0 Å². The van der Waals surface area contributed by atoms with Gasteiger partial charge in [0.1, 0.15) is 0 Å². The van der Waals surface area contributed by atoms with Crippen molar-refractivity contribution in [3.63, 3.8) is 0 Å². The van der Waals surface area contributed by atoms with Crippen molar-refractivity contribution in [3.05, 3.63) is 212 Å². The van der Waals surface area contributed by atoms with Crippen LogP contribution in [0.5, 0.6) is 0 Å². The quantitative estimate of drug-likeness (QED) is 0.160. The molecule has 3 nitrogen and oxygen atoms in total. The van der Waals surface area contributed by atoms with Crippen LogP contribution in [0.1, 0.15) is 0 Å². The van der Waals surface area contributed by atoms with Crippen LogP contribution in [-0.2, 0) is 0 Å². The van der Waals surface area contributed by atoms with E-state index in [1.165, 1.54) is 48.8 Å². The third-order valence-corrected chi connectivity index (χ3v) is 11.3. The van der Waals surface area contributed by atoms with Gasteiger partial charge in [0, 0.05) is 16.7 Å². The van der Waals surface area contributed by atoms with E-state index < -0.39 is 0 Å². The molecule has 270 valence electrons. The van der Waals surface area contributed by atoms with Gasteiger partial charge in [-0.05, 0) is 101 Å². The lowest BCUT2D eigenvalue weighted by atomic mass is 9.94. The molecule has 1 heterocycles. The van der Waals surface area contributed by atoms with Crippen LogP contribution in [0.2, 0.25) is 0 Å². The summed E-state index contributed by atoms with van der Waals surface area (Å²) in [4.78, 5) is 15.6. The zero-order chi connectivity index (χ0) is 38.4. The van der Waals surface area contributed by atoms with E-state index >= 15 is 0 Å². The molecular weight excluding hydrogens is 703 g/mol. The fraction of sp³-hybridized carbons (Fsp3) is 0. The number of hydrogen-bond acceptors (Lipinski definition) is 3. The number of benzene rings is 10. The van der Waals surface area contributed by atoms with Crippen LogP contribution in [0.15, 0.2) is 212 Å². The van der Waals surface area contributed by atoms with Crippen LogP contribution in [0, 0.1) is 0 Å². The van der Waals surface area contributed by atoms with Gasteiger partial charge in [-0.2, -0.15) is 0 Å². The minimum atomic E-state index is 0.629. The predicted molar refractivity (Wildman–Crippen MR) is 242 cm³/mol. The highest BCUT2D eigenvalue weighted by molar-refractivity contribution is 6.08. The van der Waals surface area contributed by atoms with E-state index in [2.05, 4.69) is 206 Å². The van der Waals surface area contributed by atoms with Gasteiger partial charge in [0.25, 0.3) is 0 Å². The first-order valence-electron chi connectivity index (χ1n) is 19.7. The lowest BCUT2D eigenvalue weighted by Crippen LogP contribution is -2.01. The van der Waals surface area contributed by atoms with Gasteiger partial charge in [-0.25, -0.2) is 15.0 Å². The Morgan fingerprint density at radius 2 is 0.672 bits per heavy atom. The molecule has 0 aliphatic heterocycles. The van der Waals surface area contributed by atoms with Crippen molar-refractivity contribution in [1.29, 1.82) is 0 Å². The molecule has 0 fully saturated rings. The second-order valence-corrected chi connectivity index (χ2v) is 14.8. The minimum Gasteiger partial charge on any atom is -0.208 e. The molecule has 0 saturated carbocycles. The van der Waals surface area contributed by atoms with Gasteiger partial charge < -0.3 is 0 Å². The number of fused-ring (bicyclic) bond motifs is 5. The lowest BCUT2D eigenvalue weighted by Gasteiger charge is -2.13. The number of hydrogen-bond donors (Lipinski definition) is 0. The summed E-state index contributed by atoms with van der Waals surface area (Å²) in [5, 5.41) is 9.72. The van der Waals surface area contributed by atoms with Crippen molar-refractivity contribution in [2.75, 3.05) is 0 Å². The summed E-state index contributed by atoms with van der Waals surface area (Å²) in [6.07, 6.45) is 0. The molecule has 10 aromatic carbocycles. The highest BCUT2D eigenvalue weighted by atomic mass is 15.0. The third kappa shape index (κ3) is 6.07. The zero-order valence-corrected chi connectivity index (χ0v) is 31.5. The molecule has 0 aliphatic carbocycles. The molecule has 11 aromatic rings. The summed E-state index contributed by atoms with van der Waals surface area (Å²) < 4.78 is 0. The Balaban J connectivity index is 1.02. The Morgan fingerprint density at radius 3 is 1.50 bits per heavy atom. The van der Waals surface area contributed by atoms with Crippen LogP contribution in [0.25, 0.3) is 111 Å². The number of aromatic nitrogens is 3. The lowest BCUT2D eigenvalue weighted by molar-refractivity contribution is 1.07. The molecule has 0 unspecified atom stereocenters. The first-order valence-corrected chi connectivity index (χ1v) is 19.7. The summed E-state index contributed by atoms with van der Waals surface area (Å²) >= 11 is 0. The summed E-state index contributed by atoms with van der Waals surface area (Å²) in [7, 11) is 0. The van der Waals surface area contributed by atoms with E-state index in [0.717, 1.165) is 44.3 Å². The van der Waals surface area contributed by atoms with Crippen molar-refractivity contribution >= 4 is 43.1 Å². The molecule has 0 aliphatic rings. The highest BCUT2D eigenvalue weighted by Crippen LogP contribution is 2.36. The van der Waals surface area contributed by atoms with Gasteiger partial charge in [0.2, 0.25) is 0 Å². The van der Waals surface area contributed by atoms with Crippen molar-refractivity contribution in [3.8, 4) is 67.5 Å². The summed E-state index contributed by atoms with van der Waals surface area (Å²) in [6.45, 7) is 0. The van der Waals surface area contributed by atoms with Crippen molar-refractivity contribution in [1.82, 2.24) is 15.0 Å². The Kier molecular flexibility index (Phi) is 8.15. The molecule has 11 rings (SSSR count). The van der Waals surface area contributed by atoms with Crippen LogP contribution in [0.3, 0.4) is 0 Å². The molecule has 0 bridgehead atoms. The van der Waals surface area contributed by atoms with Crippen molar-refractivity contribution in [2.24, 2.45) is 0 Å². The largest absolute Gasteiger partial charge is 0.208 e. The van der Waals surface area contributed by atoms with Crippen LogP contribution >= 0.6 is 0 Å². The molecule has 0 N–H and O–H groups in total. The first kappa shape index (κ1) is 33.6. The monoisotopic (exact) mass is 737 g/mol. The van der Waals surface area contributed by atoms with Crippen molar-refractivity contribution < 1.29 is 0 Å². The maximum absolute atomic E-state index is 5.21. The molecule has 1 aromatic heterocycles. The Labute approximate surface area is 336 Å². The second-order valence-electron chi connectivity index (χ2n) is 14.8. The van der Waals surface area contributed by atoms with E-state index in [9.17, 15) is 0 Å². The SMILES string of the molecule is c1ccc(-c2ccccc2-c2nc(-c3cccc(-c4ccc5cc(-c6cccc7ccccc67)ccc5c4)c3)nc(-c3ccc4c(ccc5ccccc54)c3)n2)cc1. The van der Waals surface area contributed by atoms with E-state index in [1.807, 2.05) is 6.07 Å². The van der Waals surface area contributed by atoms with Crippen LogP contribution in [-0.4, -0.2) is 15.0 Å². The van der Waals surface area contributed by atoms with E-state index in [0.29, 0.717) is 17.5 Å². The highest BCUT2D eigenvalue weighted by Gasteiger charge is 2.17. The summed E-state index contributed by atoms with van der Waals surface area (Å²) in [5.41, 5.74) is 9.72. The third-order valence-electron chi connectivity index (χ3n) is 11.3. The predicted octanol–water partition coefficient (Wildman–Crippen LogP) is 14.5. The van der Waals surface area contributed by atoms with Crippen LogP contribution in [0.4, 0.5) is 0 Å². The van der Waals surface area contributed by atoms with Gasteiger partial charge in [-0.1, -0.05) is 188 Å². The number of rotatable bonds is 6. The molecule has 0 spiro atoms.